The molecular weight excluding hydrogens is 338 g/mol. The quantitative estimate of drug-likeness (QED) is 0.862. The summed E-state index contributed by atoms with van der Waals surface area (Å²) in [5.74, 6) is 1.45. The van der Waals surface area contributed by atoms with E-state index in [1.807, 2.05) is 11.0 Å². The Morgan fingerprint density at radius 1 is 1.28 bits per heavy atom. The molecule has 1 amide bonds. The second kappa shape index (κ2) is 7.19. The van der Waals surface area contributed by atoms with Crippen LogP contribution in [0.3, 0.4) is 0 Å². The highest BCUT2D eigenvalue weighted by atomic mass is 35.5. The maximum atomic E-state index is 12.8. The fourth-order valence-electron chi connectivity index (χ4n) is 4.21. The zero-order valence-corrected chi connectivity index (χ0v) is 15.1. The highest BCUT2D eigenvalue weighted by Crippen LogP contribution is 2.59. The number of piperazine rings is 1. The van der Waals surface area contributed by atoms with Gasteiger partial charge in [-0.2, -0.15) is 5.26 Å². The topological polar surface area (TPSA) is 72.3 Å². The second-order valence-corrected chi connectivity index (χ2v) is 7.20. The van der Waals surface area contributed by atoms with E-state index in [0.717, 1.165) is 64.3 Å². The molecule has 1 aliphatic carbocycles. The van der Waals surface area contributed by atoms with Crippen molar-refractivity contribution in [3.05, 3.63) is 23.9 Å². The molecule has 25 heavy (non-hydrogen) atoms. The van der Waals surface area contributed by atoms with Gasteiger partial charge in [-0.15, -0.1) is 12.4 Å². The Labute approximate surface area is 154 Å². The minimum atomic E-state index is 0. The van der Waals surface area contributed by atoms with E-state index in [4.69, 9.17) is 5.26 Å². The number of anilines is 1. The summed E-state index contributed by atoms with van der Waals surface area (Å²) in [7, 11) is 0. The molecule has 1 atom stereocenters. The number of hydrogen-bond acceptors (Lipinski definition) is 5. The Kier molecular flexibility index (Phi) is 5.16. The number of nitrogens with zero attached hydrogens (tertiary/aromatic N) is 4. The number of halogens is 1. The lowest BCUT2D eigenvalue weighted by molar-refractivity contribution is -0.133. The fraction of sp³-hybridized carbons (Fsp3) is 0.611. The lowest BCUT2D eigenvalue weighted by Gasteiger charge is -2.36. The van der Waals surface area contributed by atoms with Crippen molar-refractivity contribution in [1.29, 1.82) is 5.26 Å². The van der Waals surface area contributed by atoms with Crippen LogP contribution in [-0.2, 0) is 4.79 Å². The normalized spacial score (nSPS) is 24.4. The molecule has 0 aromatic carbocycles. The second-order valence-electron chi connectivity index (χ2n) is 7.20. The van der Waals surface area contributed by atoms with Gasteiger partial charge in [0, 0.05) is 38.3 Å². The number of carbonyl (C=O) groups excluding carboxylic acids is 1. The molecule has 0 bridgehead atoms. The monoisotopic (exact) mass is 361 g/mol. The number of aromatic nitrogens is 1. The zero-order valence-electron chi connectivity index (χ0n) is 14.3. The number of piperidine rings is 1. The molecule has 6 nitrogen and oxygen atoms in total. The number of nitrogens with one attached hydrogen (secondary N) is 1. The van der Waals surface area contributed by atoms with Crippen LogP contribution in [0, 0.1) is 22.7 Å². The Morgan fingerprint density at radius 2 is 2.00 bits per heavy atom. The molecule has 134 valence electrons. The third-order valence-electron chi connectivity index (χ3n) is 5.88. The lowest BCUT2D eigenvalue weighted by Crippen LogP contribution is -2.50. The molecule has 1 spiro atoms. The van der Waals surface area contributed by atoms with Gasteiger partial charge in [0.1, 0.15) is 5.82 Å². The Morgan fingerprint density at radius 3 is 2.68 bits per heavy atom. The van der Waals surface area contributed by atoms with Crippen LogP contribution in [0.15, 0.2) is 18.3 Å². The predicted octanol–water partition coefficient (Wildman–Crippen LogP) is 1.41. The Bertz CT molecular complexity index is 674. The molecule has 2 saturated heterocycles. The van der Waals surface area contributed by atoms with Gasteiger partial charge in [0.15, 0.2) is 0 Å². The summed E-state index contributed by atoms with van der Waals surface area (Å²) in [6.07, 6.45) is 5.05. The highest BCUT2D eigenvalue weighted by Gasteiger charge is 2.58. The predicted molar refractivity (Wildman–Crippen MR) is 97.6 cm³/mol. The first kappa shape index (κ1) is 18.0. The van der Waals surface area contributed by atoms with Crippen LogP contribution in [0.1, 0.15) is 24.8 Å². The molecule has 1 saturated carbocycles. The first-order valence-corrected chi connectivity index (χ1v) is 8.82. The van der Waals surface area contributed by atoms with Crippen LogP contribution in [0.5, 0.6) is 0 Å². The van der Waals surface area contributed by atoms with E-state index in [2.05, 4.69) is 21.3 Å². The van der Waals surface area contributed by atoms with Gasteiger partial charge in [0.2, 0.25) is 5.91 Å². The molecule has 1 aromatic rings. The molecule has 7 heteroatoms. The molecule has 3 aliphatic rings. The van der Waals surface area contributed by atoms with Gasteiger partial charge in [0.25, 0.3) is 0 Å². The molecule has 1 aromatic heterocycles. The molecule has 3 fully saturated rings. The van der Waals surface area contributed by atoms with Crippen molar-refractivity contribution in [2.75, 3.05) is 44.2 Å². The van der Waals surface area contributed by atoms with Crippen LogP contribution >= 0.6 is 12.4 Å². The molecule has 3 heterocycles. The van der Waals surface area contributed by atoms with Gasteiger partial charge >= 0.3 is 0 Å². The standard InChI is InChI=1S/C18H23N5O.ClH/c19-13-14-1-4-21-16(11-14)22-7-9-23(10-8-22)17(24)15-12-18(15)2-5-20-6-3-18;/h1,4,11,15,20H,2-3,5-10,12H2;1H. The van der Waals surface area contributed by atoms with Gasteiger partial charge in [-0.3, -0.25) is 4.79 Å². The molecular formula is C18H24ClN5O. The van der Waals surface area contributed by atoms with E-state index >= 15 is 0 Å². The van der Waals surface area contributed by atoms with E-state index in [0.29, 0.717) is 16.9 Å². The van der Waals surface area contributed by atoms with Crippen LogP contribution in [0.25, 0.3) is 0 Å². The Balaban J connectivity index is 0.00000182. The third kappa shape index (κ3) is 3.44. The summed E-state index contributed by atoms with van der Waals surface area (Å²) in [5, 5.41) is 12.4. The van der Waals surface area contributed by atoms with Crippen LogP contribution in [0.4, 0.5) is 5.82 Å². The minimum Gasteiger partial charge on any atom is -0.353 e. The molecule has 2 aliphatic heterocycles. The smallest absolute Gasteiger partial charge is 0.226 e. The van der Waals surface area contributed by atoms with E-state index in [1.54, 1.807) is 12.3 Å². The van der Waals surface area contributed by atoms with Crippen molar-refractivity contribution in [2.24, 2.45) is 11.3 Å². The number of rotatable bonds is 2. The van der Waals surface area contributed by atoms with Crippen molar-refractivity contribution in [1.82, 2.24) is 15.2 Å². The fourth-order valence-corrected chi connectivity index (χ4v) is 4.21. The summed E-state index contributed by atoms with van der Waals surface area (Å²) in [6, 6.07) is 5.69. The number of carbonyl (C=O) groups is 1. The summed E-state index contributed by atoms with van der Waals surface area (Å²) >= 11 is 0. The maximum Gasteiger partial charge on any atom is 0.226 e. The summed E-state index contributed by atoms with van der Waals surface area (Å²) in [4.78, 5) is 21.4. The summed E-state index contributed by atoms with van der Waals surface area (Å²) in [5.41, 5.74) is 0.937. The van der Waals surface area contributed by atoms with E-state index in [9.17, 15) is 4.79 Å². The number of hydrogen-bond donors (Lipinski definition) is 1. The average Bonchev–Trinajstić information content (AvgIpc) is 3.34. The zero-order chi connectivity index (χ0) is 16.6. The first-order valence-electron chi connectivity index (χ1n) is 8.82. The molecule has 1 unspecified atom stereocenters. The number of nitriles is 1. The Hall–Kier alpha value is -1.84. The summed E-state index contributed by atoms with van der Waals surface area (Å²) in [6.45, 7) is 5.19. The van der Waals surface area contributed by atoms with Gasteiger partial charge < -0.3 is 15.1 Å². The van der Waals surface area contributed by atoms with Crippen molar-refractivity contribution in [3.8, 4) is 6.07 Å². The van der Waals surface area contributed by atoms with Gasteiger partial charge in [0.05, 0.1) is 11.6 Å². The van der Waals surface area contributed by atoms with E-state index < -0.39 is 0 Å². The van der Waals surface area contributed by atoms with Crippen molar-refractivity contribution >= 4 is 24.1 Å². The summed E-state index contributed by atoms with van der Waals surface area (Å²) < 4.78 is 0. The van der Waals surface area contributed by atoms with Crippen LogP contribution in [-0.4, -0.2) is 55.1 Å². The third-order valence-corrected chi connectivity index (χ3v) is 5.88. The van der Waals surface area contributed by atoms with Crippen molar-refractivity contribution < 1.29 is 4.79 Å². The van der Waals surface area contributed by atoms with Gasteiger partial charge in [-0.05, 0) is 49.9 Å². The van der Waals surface area contributed by atoms with Crippen LogP contribution in [0.2, 0.25) is 0 Å². The molecule has 1 N–H and O–H groups in total. The minimum absolute atomic E-state index is 0. The van der Waals surface area contributed by atoms with Gasteiger partial charge in [-0.25, -0.2) is 4.98 Å². The van der Waals surface area contributed by atoms with E-state index in [1.165, 1.54) is 0 Å². The maximum absolute atomic E-state index is 12.8. The highest BCUT2D eigenvalue weighted by molar-refractivity contribution is 5.85. The first-order chi connectivity index (χ1) is 11.7. The van der Waals surface area contributed by atoms with Gasteiger partial charge in [-0.1, -0.05) is 0 Å². The van der Waals surface area contributed by atoms with Crippen molar-refractivity contribution in [3.63, 3.8) is 0 Å². The SMILES string of the molecule is Cl.N#Cc1ccnc(N2CCN(C(=O)C3CC34CCNCC4)CC2)c1. The van der Waals surface area contributed by atoms with E-state index in [-0.39, 0.29) is 18.3 Å². The van der Waals surface area contributed by atoms with Crippen LogP contribution < -0.4 is 10.2 Å². The average molecular weight is 362 g/mol. The number of amides is 1. The molecule has 0 radical (unpaired) electrons. The largest absolute Gasteiger partial charge is 0.353 e. The molecule has 4 rings (SSSR count). The van der Waals surface area contributed by atoms with Crippen molar-refractivity contribution in [2.45, 2.75) is 19.3 Å². The number of pyridine rings is 1. The lowest BCUT2D eigenvalue weighted by atomic mass is 9.91.